The average Bonchev–Trinajstić information content (AvgIpc) is 0.764. The third-order valence-electron chi connectivity index (χ3n) is 23.0. The molecule has 1 nitrogen and oxygen atoms in total. The zero-order valence-electron chi connectivity index (χ0n) is 77.4. The van der Waals surface area contributed by atoms with Crippen molar-refractivity contribution in [2.75, 3.05) is 36.4 Å². The van der Waals surface area contributed by atoms with Gasteiger partial charge in [-0.3, -0.25) is 0 Å². The van der Waals surface area contributed by atoms with Gasteiger partial charge in [0, 0.05) is 12.3 Å². The molecular formula is C126H118B2Fe2OP6. The fraction of sp³-hybridized carbons (Fsp3) is 0.0476. The number of hydrogen-bond donors (Lipinski definition) is 0. The normalized spacial score (nSPS) is 10.4. The predicted octanol–water partition coefficient (Wildman–Crippen LogP) is 26.7. The van der Waals surface area contributed by atoms with E-state index in [1.165, 1.54) is 74.6 Å². The monoisotopic (exact) mass is 1970 g/mol. The van der Waals surface area contributed by atoms with Gasteiger partial charge < -0.3 is 5.48 Å². The van der Waals surface area contributed by atoms with Gasteiger partial charge in [-0.25, -0.2) is 10.9 Å². The summed E-state index contributed by atoms with van der Waals surface area (Å²) >= 11 is 0. The maximum Gasteiger partial charge on any atom is 2.00 e. The van der Waals surface area contributed by atoms with Gasteiger partial charge >= 0.3 is 34.1 Å². The van der Waals surface area contributed by atoms with Crippen LogP contribution in [0.15, 0.2) is 643 Å². The summed E-state index contributed by atoms with van der Waals surface area (Å²) in [4.78, 5) is 0. The van der Waals surface area contributed by atoms with Crippen LogP contribution in [0.4, 0.5) is 0 Å². The summed E-state index contributed by atoms with van der Waals surface area (Å²) in [7, 11) is -3.90. The number of hydrogen-bond acceptors (Lipinski definition) is 0. The average molecular weight is 1970 g/mol. The molecule has 0 heterocycles. The molecular weight excluding hydrogens is 1850 g/mol. The molecule has 0 amide bonds. The van der Waals surface area contributed by atoms with Crippen molar-refractivity contribution < 1.29 is 39.6 Å². The van der Waals surface area contributed by atoms with E-state index in [0.29, 0.717) is 0 Å². The van der Waals surface area contributed by atoms with Crippen molar-refractivity contribution in [1.29, 1.82) is 0 Å². The van der Waals surface area contributed by atoms with Crippen LogP contribution in [-0.2, 0) is 39.6 Å². The van der Waals surface area contributed by atoms with Gasteiger partial charge in [0.1, 0.15) is 0 Å². The smallest absolute Gasteiger partial charge is 2.00 e. The molecule has 680 valence electrons. The summed E-state index contributed by atoms with van der Waals surface area (Å²) in [5, 5.41) is 17.5. The van der Waals surface area contributed by atoms with Gasteiger partial charge in [0.15, 0.2) is 0 Å². The molecule has 0 spiro atoms. The Labute approximate surface area is 846 Å². The Morgan fingerprint density at radius 2 is 0.168 bits per heavy atom. The van der Waals surface area contributed by atoms with Gasteiger partial charge in [-0.15, -0.1) is 36.4 Å². The van der Waals surface area contributed by atoms with E-state index >= 15 is 0 Å². The van der Waals surface area contributed by atoms with Crippen molar-refractivity contribution in [3.8, 4) is 0 Å². The van der Waals surface area contributed by atoms with Crippen molar-refractivity contribution in [3.63, 3.8) is 0 Å². The molecule has 0 saturated carbocycles. The molecule has 0 aliphatic carbocycles. The summed E-state index contributed by atoms with van der Waals surface area (Å²) in [6, 6.07) is 238. The number of benzene rings is 20. The minimum atomic E-state index is -1.14. The van der Waals surface area contributed by atoms with Gasteiger partial charge in [-0.2, -0.15) is 0 Å². The first-order chi connectivity index (χ1) is 66.6. The zero-order valence-corrected chi connectivity index (χ0v) is 85.0. The zero-order chi connectivity index (χ0) is 91.7. The van der Waals surface area contributed by atoms with Crippen LogP contribution in [0.1, 0.15) is 0 Å². The van der Waals surface area contributed by atoms with Gasteiger partial charge in [-0.05, 0) is 63.7 Å². The van der Waals surface area contributed by atoms with E-state index in [1.54, 1.807) is 0 Å². The van der Waals surface area contributed by atoms with Crippen molar-refractivity contribution >= 4 is 134 Å². The minimum absolute atomic E-state index is 0. The van der Waals surface area contributed by atoms with E-state index in [2.05, 4.69) is 425 Å². The van der Waals surface area contributed by atoms with E-state index in [4.69, 9.17) is 0 Å². The molecule has 0 aromatic heterocycles. The molecule has 0 fully saturated rings. The topological polar surface area (TPSA) is 28.5 Å². The van der Waals surface area contributed by atoms with Gasteiger partial charge in [0.25, 0.3) is 0 Å². The second kappa shape index (κ2) is 63.5. The first kappa shape index (κ1) is 107. The molecule has 0 saturated heterocycles. The molecule has 0 atom stereocenters. The molecule has 0 aliphatic heterocycles. The fourth-order valence-electron chi connectivity index (χ4n) is 16.6. The van der Waals surface area contributed by atoms with E-state index in [9.17, 15) is 0 Å². The molecule has 0 aliphatic rings. The minimum Gasteiger partial charge on any atom is -2.00 e. The SMILES string of the molecule is [Fe+2].[Fe+2].[O-2].c1ccc(P(C[B-](CP(c2ccccc2)c2ccccc2)(CP(c2ccccc2)c2ccccc2)c2ccccc2)c2ccccc2)cc1.c1ccc(P(C[B-](CP(c2ccccc2)c2ccccc2)(CP(c2ccccc2)c2ccccc2)c2ccccc2)c2ccccc2)cc1.c1ccccc1.c1ccccc1.c1ccccc1.c1ccccc1.c1ccccc1.c1ccccc1. The first-order valence-corrected chi connectivity index (χ1v) is 55.5. The molecule has 0 bridgehead atoms. The largest absolute Gasteiger partial charge is 2.00 e. The van der Waals surface area contributed by atoms with Crippen molar-refractivity contribution in [1.82, 2.24) is 0 Å². The summed E-state index contributed by atoms with van der Waals surface area (Å²) in [5.41, 5.74) is 3.03. The van der Waals surface area contributed by atoms with E-state index in [0.717, 1.165) is 36.4 Å². The van der Waals surface area contributed by atoms with Crippen LogP contribution in [0, 0.1) is 0 Å². The first-order valence-electron chi connectivity index (χ1n) is 46.4. The van der Waals surface area contributed by atoms with Gasteiger partial charge in [-0.1, -0.05) is 691 Å². The Morgan fingerprint density at radius 3 is 0.248 bits per heavy atom. The quantitative estimate of drug-likeness (QED) is 0.0382. The van der Waals surface area contributed by atoms with Crippen molar-refractivity contribution in [3.05, 3.63) is 643 Å². The van der Waals surface area contributed by atoms with E-state index in [1.807, 2.05) is 218 Å². The Balaban J connectivity index is 0.000000202. The Morgan fingerprint density at radius 1 is 0.102 bits per heavy atom. The van der Waals surface area contributed by atoms with Crippen LogP contribution in [0.5, 0.6) is 0 Å². The summed E-state index contributed by atoms with van der Waals surface area (Å²) < 4.78 is 0. The molecule has 0 radical (unpaired) electrons. The summed E-state index contributed by atoms with van der Waals surface area (Å²) in [6.45, 7) is 0. The maximum absolute atomic E-state index is 2.45. The Hall–Kier alpha value is -11.9. The van der Waals surface area contributed by atoms with E-state index in [-0.39, 0.29) is 39.6 Å². The van der Waals surface area contributed by atoms with Gasteiger partial charge in [0.05, 0.1) is 0 Å². The molecule has 137 heavy (non-hydrogen) atoms. The molecule has 20 rings (SSSR count). The van der Waals surface area contributed by atoms with Crippen LogP contribution >= 0.6 is 47.5 Å². The Bertz CT molecular complexity index is 4930. The second-order valence-corrected chi connectivity index (χ2v) is 45.9. The molecule has 0 unspecified atom stereocenters. The standard InChI is InChI=1S/2C45H41BP3.6C6H6.2Fe.O/c2*1-8-22-39(23-9-1)46(36-47(40-24-10-2-11-25-40)41-26-12-3-13-27-41,37-48(42-28-14-4-15-29-42)43-30-16-5-17-31-43)38-49(44-32-18-6-19-33-44)45-34-20-7-21-35-45;6*1-2-4-6-5-3-1;;;/h2*1-35H,36-38H2;6*1-6H;;;/q2*-1;;;;;;;2*+2;-2. The third kappa shape index (κ3) is 36.2. The van der Waals surface area contributed by atoms with Crippen LogP contribution in [0.25, 0.3) is 0 Å². The predicted molar refractivity (Wildman–Crippen MR) is 607 cm³/mol. The van der Waals surface area contributed by atoms with Gasteiger partial charge in [0.2, 0.25) is 0 Å². The number of rotatable bonds is 26. The van der Waals surface area contributed by atoms with Crippen LogP contribution < -0.4 is 74.6 Å². The van der Waals surface area contributed by atoms with Crippen LogP contribution in [0.3, 0.4) is 0 Å². The van der Waals surface area contributed by atoms with Crippen molar-refractivity contribution in [2.45, 2.75) is 0 Å². The second-order valence-electron chi connectivity index (χ2n) is 32.4. The Kier molecular flexibility index (Phi) is 49.7. The van der Waals surface area contributed by atoms with E-state index < -0.39 is 59.8 Å². The molecule has 20 aromatic carbocycles. The fourth-order valence-corrected chi connectivity index (χ4v) is 35.5. The maximum atomic E-state index is 2.45. The molecule has 11 heteroatoms. The van der Waals surface area contributed by atoms with Crippen LogP contribution in [0.2, 0.25) is 0 Å². The molecule has 0 N–H and O–H groups in total. The van der Waals surface area contributed by atoms with Crippen molar-refractivity contribution in [2.24, 2.45) is 0 Å². The van der Waals surface area contributed by atoms with Crippen LogP contribution in [-0.4, -0.2) is 48.7 Å². The summed E-state index contributed by atoms with van der Waals surface area (Å²) in [5.74, 6) is 0. The third-order valence-corrected chi connectivity index (χ3v) is 40.5. The molecule has 20 aromatic rings. The summed E-state index contributed by atoms with van der Waals surface area (Å²) in [6.07, 6.45) is -2.28.